The topological polar surface area (TPSA) is 27.7 Å². The van der Waals surface area contributed by atoms with Crippen molar-refractivity contribution in [1.82, 2.24) is 0 Å². The smallest absolute Gasteiger partial charge is 0.157 e. The number of aryl methyl sites for hydroxylation is 1. The summed E-state index contributed by atoms with van der Waals surface area (Å²) in [6.07, 6.45) is 3.11. The lowest BCUT2D eigenvalue weighted by molar-refractivity contribution is -0.0482. The van der Waals surface area contributed by atoms with E-state index in [0.29, 0.717) is 0 Å². The molecule has 1 aliphatic heterocycles. The average Bonchev–Trinajstić information content (AvgIpc) is 2.82. The van der Waals surface area contributed by atoms with E-state index in [1.807, 2.05) is 12.1 Å². The fraction of sp³-hybridized carbons (Fsp3) is 0.571. The third-order valence-corrected chi connectivity index (χ3v) is 2.78. The van der Waals surface area contributed by atoms with E-state index in [-0.39, 0.29) is 6.29 Å². The number of unbranched alkanes of at least 4 members (excludes halogenated alkanes) is 1. The van der Waals surface area contributed by atoms with Gasteiger partial charge in [0.15, 0.2) is 6.29 Å². The number of hydrogen-bond donors (Lipinski definition) is 0. The summed E-state index contributed by atoms with van der Waals surface area (Å²) < 4.78 is 16.4. The minimum Gasteiger partial charge on any atom is -0.494 e. The van der Waals surface area contributed by atoms with Crippen LogP contribution in [0.5, 0.6) is 5.75 Å². The van der Waals surface area contributed by atoms with Crippen molar-refractivity contribution >= 4 is 0 Å². The Bertz CT molecular complexity index is 332. The summed E-state index contributed by atoms with van der Waals surface area (Å²) in [5, 5.41) is 0. The monoisotopic (exact) mass is 236 g/mol. The van der Waals surface area contributed by atoms with Crippen LogP contribution in [0, 0.1) is 6.92 Å². The van der Waals surface area contributed by atoms with Crippen LogP contribution in [0.1, 0.15) is 24.8 Å². The molecule has 0 spiro atoms. The van der Waals surface area contributed by atoms with Crippen molar-refractivity contribution in [2.45, 2.75) is 32.5 Å². The molecule has 2 rings (SSSR count). The van der Waals surface area contributed by atoms with Gasteiger partial charge in [-0.25, -0.2) is 0 Å². The lowest BCUT2D eigenvalue weighted by atomic mass is 10.2. The van der Waals surface area contributed by atoms with Gasteiger partial charge in [-0.3, -0.25) is 0 Å². The lowest BCUT2D eigenvalue weighted by Crippen LogP contribution is -2.08. The molecule has 0 N–H and O–H groups in total. The van der Waals surface area contributed by atoms with E-state index in [1.165, 1.54) is 5.56 Å². The molecule has 0 atom stereocenters. The first kappa shape index (κ1) is 12.4. The highest BCUT2D eigenvalue weighted by Gasteiger charge is 2.14. The Morgan fingerprint density at radius 3 is 2.82 bits per heavy atom. The van der Waals surface area contributed by atoms with Crippen LogP contribution in [0.25, 0.3) is 0 Å². The van der Waals surface area contributed by atoms with Crippen LogP contribution in [0.15, 0.2) is 24.3 Å². The third kappa shape index (κ3) is 4.36. The van der Waals surface area contributed by atoms with Gasteiger partial charge < -0.3 is 14.2 Å². The zero-order valence-corrected chi connectivity index (χ0v) is 10.4. The minimum absolute atomic E-state index is 0.0222. The van der Waals surface area contributed by atoms with Gasteiger partial charge >= 0.3 is 0 Å². The molecule has 1 aromatic rings. The van der Waals surface area contributed by atoms with Crippen molar-refractivity contribution in [3.63, 3.8) is 0 Å². The molecule has 1 saturated heterocycles. The molecule has 1 aromatic carbocycles. The van der Waals surface area contributed by atoms with Gasteiger partial charge in [0.05, 0.1) is 19.8 Å². The van der Waals surface area contributed by atoms with E-state index >= 15 is 0 Å². The van der Waals surface area contributed by atoms with Crippen molar-refractivity contribution in [2.75, 3.05) is 19.8 Å². The van der Waals surface area contributed by atoms with E-state index in [0.717, 1.165) is 44.8 Å². The van der Waals surface area contributed by atoms with Crippen LogP contribution >= 0.6 is 0 Å². The molecule has 0 radical (unpaired) electrons. The van der Waals surface area contributed by atoms with Crippen LogP contribution in [0.4, 0.5) is 0 Å². The van der Waals surface area contributed by atoms with E-state index in [9.17, 15) is 0 Å². The van der Waals surface area contributed by atoms with Gasteiger partial charge in [0.2, 0.25) is 0 Å². The maximum atomic E-state index is 5.67. The molecule has 17 heavy (non-hydrogen) atoms. The van der Waals surface area contributed by atoms with Gasteiger partial charge in [0, 0.05) is 0 Å². The molecule has 0 saturated carbocycles. The Morgan fingerprint density at radius 2 is 2.06 bits per heavy atom. The summed E-state index contributed by atoms with van der Waals surface area (Å²) >= 11 is 0. The largest absolute Gasteiger partial charge is 0.494 e. The number of ether oxygens (including phenoxy) is 3. The van der Waals surface area contributed by atoms with Gasteiger partial charge in [0.25, 0.3) is 0 Å². The predicted octanol–water partition coefficient (Wildman–Crippen LogP) is 2.92. The van der Waals surface area contributed by atoms with E-state index in [4.69, 9.17) is 14.2 Å². The minimum atomic E-state index is 0.0222. The van der Waals surface area contributed by atoms with E-state index < -0.39 is 0 Å². The molecular weight excluding hydrogens is 216 g/mol. The van der Waals surface area contributed by atoms with Crippen LogP contribution in [-0.4, -0.2) is 26.1 Å². The maximum absolute atomic E-state index is 5.67. The van der Waals surface area contributed by atoms with Gasteiger partial charge in [-0.05, 0) is 43.9 Å². The highest BCUT2D eigenvalue weighted by atomic mass is 16.7. The quantitative estimate of drug-likeness (QED) is 0.711. The van der Waals surface area contributed by atoms with Gasteiger partial charge in [0.1, 0.15) is 5.75 Å². The van der Waals surface area contributed by atoms with Crippen molar-refractivity contribution < 1.29 is 14.2 Å². The molecule has 0 aromatic heterocycles. The Morgan fingerprint density at radius 1 is 1.24 bits per heavy atom. The molecule has 3 nitrogen and oxygen atoms in total. The van der Waals surface area contributed by atoms with E-state index in [1.54, 1.807) is 0 Å². The number of hydrogen-bond acceptors (Lipinski definition) is 3. The molecule has 0 amide bonds. The second-order valence-corrected chi connectivity index (χ2v) is 4.33. The van der Waals surface area contributed by atoms with Crippen LogP contribution in [0.3, 0.4) is 0 Å². The fourth-order valence-electron chi connectivity index (χ4n) is 1.88. The first-order chi connectivity index (χ1) is 8.34. The van der Waals surface area contributed by atoms with Crippen molar-refractivity contribution in [1.29, 1.82) is 0 Å². The SMILES string of the molecule is Cc1cccc(OCCCCC2OCCO2)c1. The molecule has 3 heteroatoms. The Balaban J connectivity index is 1.56. The summed E-state index contributed by atoms with van der Waals surface area (Å²) in [5.74, 6) is 0.957. The van der Waals surface area contributed by atoms with Gasteiger partial charge in [-0.1, -0.05) is 12.1 Å². The predicted molar refractivity (Wildman–Crippen MR) is 66.2 cm³/mol. The highest BCUT2D eigenvalue weighted by molar-refractivity contribution is 5.27. The summed E-state index contributed by atoms with van der Waals surface area (Å²) in [5.41, 5.74) is 1.23. The van der Waals surface area contributed by atoms with Crippen molar-refractivity contribution in [2.24, 2.45) is 0 Å². The zero-order chi connectivity index (χ0) is 11.9. The molecule has 0 bridgehead atoms. The Labute approximate surface area is 103 Å². The zero-order valence-electron chi connectivity index (χ0n) is 10.4. The first-order valence-corrected chi connectivity index (χ1v) is 6.27. The number of benzene rings is 1. The second kappa shape index (κ2) is 6.62. The fourth-order valence-corrected chi connectivity index (χ4v) is 1.88. The highest BCUT2D eigenvalue weighted by Crippen LogP contribution is 2.14. The third-order valence-electron chi connectivity index (χ3n) is 2.78. The van der Waals surface area contributed by atoms with Crippen LogP contribution in [0.2, 0.25) is 0 Å². The van der Waals surface area contributed by atoms with Crippen LogP contribution in [-0.2, 0) is 9.47 Å². The lowest BCUT2D eigenvalue weighted by Gasteiger charge is -2.09. The molecule has 94 valence electrons. The molecule has 1 fully saturated rings. The van der Waals surface area contributed by atoms with Crippen molar-refractivity contribution in [3.05, 3.63) is 29.8 Å². The summed E-state index contributed by atoms with van der Waals surface area (Å²) in [7, 11) is 0. The maximum Gasteiger partial charge on any atom is 0.157 e. The van der Waals surface area contributed by atoms with E-state index in [2.05, 4.69) is 19.1 Å². The molecular formula is C14H20O3. The second-order valence-electron chi connectivity index (χ2n) is 4.33. The average molecular weight is 236 g/mol. The first-order valence-electron chi connectivity index (χ1n) is 6.27. The molecule has 0 unspecified atom stereocenters. The van der Waals surface area contributed by atoms with Crippen LogP contribution < -0.4 is 4.74 Å². The van der Waals surface area contributed by atoms with Gasteiger partial charge in [-0.15, -0.1) is 0 Å². The summed E-state index contributed by atoms with van der Waals surface area (Å²) in [6.45, 7) is 4.31. The number of rotatable bonds is 6. The summed E-state index contributed by atoms with van der Waals surface area (Å²) in [6, 6.07) is 8.14. The van der Waals surface area contributed by atoms with Gasteiger partial charge in [-0.2, -0.15) is 0 Å². The molecule has 1 heterocycles. The summed E-state index contributed by atoms with van der Waals surface area (Å²) in [4.78, 5) is 0. The standard InChI is InChI=1S/C14H20O3/c1-12-5-4-6-13(11-12)15-8-3-2-7-14-16-9-10-17-14/h4-6,11,14H,2-3,7-10H2,1H3. The Hall–Kier alpha value is -1.06. The van der Waals surface area contributed by atoms with Crippen molar-refractivity contribution in [3.8, 4) is 5.75 Å². The Kier molecular flexibility index (Phi) is 4.83. The molecule has 1 aliphatic rings. The molecule has 0 aliphatic carbocycles. The normalized spacial score (nSPS) is 16.3.